The molecular weight excluding hydrogens is 274 g/mol. The average Bonchev–Trinajstić information content (AvgIpc) is 2.55. The first-order valence-electron chi connectivity index (χ1n) is 7.58. The maximum atomic E-state index is 12.5. The number of nitrogens with zero attached hydrogens (tertiary/aromatic N) is 1. The van der Waals surface area contributed by atoms with E-state index < -0.39 is 0 Å². The minimum Gasteiger partial charge on any atom is -0.497 e. The maximum absolute atomic E-state index is 12.5. The lowest BCUT2D eigenvalue weighted by atomic mass is 10.1. The first-order valence-corrected chi connectivity index (χ1v) is 7.58. The summed E-state index contributed by atoms with van der Waals surface area (Å²) in [5.41, 5.74) is 3.38. The quantitative estimate of drug-likeness (QED) is 0.815. The number of aryl methyl sites for hydroxylation is 1. The highest BCUT2D eigenvalue weighted by Crippen LogP contribution is 2.14. The molecule has 0 atom stereocenters. The summed E-state index contributed by atoms with van der Waals surface area (Å²) in [6.07, 6.45) is 0.449. The molecule has 0 fully saturated rings. The maximum Gasteiger partial charge on any atom is 0.227 e. The van der Waals surface area contributed by atoms with Crippen LogP contribution in [-0.2, 0) is 17.8 Å². The number of hydrogen-bond donors (Lipinski definition) is 0. The van der Waals surface area contributed by atoms with Crippen molar-refractivity contribution in [2.45, 2.75) is 26.8 Å². The molecule has 0 aromatic heterocycles. The van der Waals surface area contributed by atoms with Gasteiger partial charge in [-0.05, 0) is 37.1 Å². The van der Waals surface area contributed by atoms with Gasteiger partial charge in [-0.15, -0.1) is 0 Å². The monoisotopic (exact) mass is 297 g/mol. The predicted octanol–water partition coefficient (Wildman–Crippen LogP) is 3.59. The number of carbonyl (C=O) groups is 1. The predicted molar refractivity (Wildman–Crippen MR) is 89.0 cm³/mol. The zero-order chi connectivity index (χ0) is 15.9. The molecule has 0 unspecified atom stereocenters. The molecule has 0 aliphatic heterocycles. The number of amides is 1. The summed E-state index contributed by atoms with van der Waals surface area (Å²) < 4.78 is 5.16. The smallest absolute Gasteiger partial charge is 0.227 e. The van der Waals surface area contributed by atoms with E-state index in [2.05, 4.69) is 0 Å². The summed E-state index contributed by atoms with van der Waals surface area (Å²) in [7, 11) is 1.65. The third kappa shape index (κ3) is 4.35. The van der Waals surface area contributed by atoms with Crippen molar-refractivity contribution >= 4 is 5.91 Å². The minimum atomic E-state index is 0.155. The molecule has 116 valence electrons. The van der Waals surface area contributed by atoms with E-state index in [0.29, 0.717) is 19.5 Å². The Labute approximate surface area is 132 Å². The van der Waals surface area contributed by atoms with Gasteiger partial charge in [0.2, 0.25) is 5.91 Å². The van der Waals surface area contributed by atoms with Crippen LogP contribution in [0, 0.1) is 6.92 Å². The highest BCUT2D eigenvalue weighted by Gasteiger charge is 2.12. The van der Waals surface area contributed by atoms with Crippen molar-refractivity contribution in [3.63, 3.8) is 0 Å². The molecule has 2 aromatic rings. The number of ether oxygens (including phenoxy) is 1. The summed E-state index contributed by atoms with van der Waals surface area (Å²) in [5, 5.41) is 0. The van der Waals surface area contributed by atoms with E-state index in [1.54, 1.807) is 7.11 Å². The van der Waals surface area contributed by atoms with E-state index in [1.165, 1.54) is 5.56 Å². The zero-order valence-corrected chi connectivity index (χ0v) is 13.5. The molecule has 2 aromatic carbocycles. The third-order valence-electron chi connectivity index (χ3n) is 3.74. The lowest BCUT2D eigenvalue weighted by Gasteiger charge is -2.21. The molecule has 0 aliphatic rings. The minimum absolute atomic E-state index is 0.155. The van der Waals surface area contributed by atoms with Crippen molar-refractivity contribution in [2.75, 3.05) is 13.7 Å². The number of carbonyl (C=O) groups excluding carboxylic acids is 1. The van der Waals surface area contributed by atoms with Crippen LogP contribution in [0.25, 0.3) is 0 Å². The van der Waals surface area contributed by atoms with Gasteiger partial charge in [-0.25, -0.2) is 0 Å². The SMILES string of the molecule is CCN(Cc1ccc(OC)cc1)C(=O)Cc1ccc(C)cc1. The molecule has 0 aliphatic carbocycles. The number of methoxy groups -OCH3 is 1. The molecule has 0 N–H and O–H groups in total. The van der Waals surface area contributed by atoms with Crippen molar-refractivity contribution < 1.29 is 9.53 Å². The van der Waals surface area contributed by atoms with E-state index >= 15 is 0 Å². The Balaban J connectivity index is 2.00. The Morgan fingerprint density at radius 1 is 1.00 bits per heavy atom. The number of benzene rings is 2. The molecule has 0 bridgehead atoms. The van der Waals surface area contributed by atoms with Gasteiger partial charge in [0.25, 0.3) is 0 Å². The molecule has 0 spiro atoms. The van der Waals surface area contributed by atoms with Crippen LogP contribution in [0.15, 0.2) is 48.5 Å². The molecule has 0 saturated carbocycles. The van der Waals surface area contributed by atoms with Crippen molar-refractivity contribution in [2.24, 2.45) is 0 Å². The Kier molecular flexibility index (Phi) is 5.59. The van der Waals surface area contributed by atoms with Crippen molar-refractivity contribution in [1.29, 1.82) is 0 Å². The van der Waals surface area contributed by atoms with Gasteiger partial charge >= 0.3 is 0 Å². The van der Waals surface area contributed by atoms with Gasteiger partial charge in [0.1, 0.15) is 5.75 Å². The Morgan fingerprint density at radius 2 is 1.59 bits per heavy atom. The van der Waals surface area contributed by atoms with Gasteiger partial charge in [0.05, 0.1) is 13.5 Å². The molecule has 1 amide bonds. The fraction of sp³-hybridized carbons (Fsp3) is 0.316. The lowest BCUT2D eigenvalue weighted by Crippen LogP contribution is -2.31. The second kappa shape index (κ2) is 7.64. The van der Waals surface area contributed by atoms with E-state index in [-0.39, 0.29) is 5.91 Å². The molecule has 22 heavy (non-hydrogen) atoms. The van der Waals surface area contributed by atoms with E-state index in [9.17, 15) is 4.79 Å². The van der Waals surface area contributed by atoms with Crippen LogP contribution in [0.4, 0.5) is 0 Å². The van der Waals surface area contributed by atoms with Crippen LogP contribution >= 0.6 is 0 Å². The van der Waals surface area contributed by atoms with E-state index in [0.717, 1.165) is 16.9 Å². The number of rotatable bonds is 6. The van der Waals surface area contributed by atoms with Crippen LogP contribution in [0.2, 0.25) is 0 Å². The van der Waals surface area contributed by atoms with Crippen molar-refractivity contribution in [1.82, 2.24) is 4.90 Å². The summed E-state index contributed by atoms with van der Waals surface area (Å²) in [6, 6.07) is 16.0. The lowest BCUT2D eigenvalue weighted by molar-refractivity contribution is -0.130. The van der Waals surface area contributed by atoms with Crippen LogP contribution in [0.1, 0.15) is 23.6 Å². The number of hydrogen-bond acceptors (Lipinski definition) is 2. The van der Waals surface area contributed by atoms with Gasteiger partial charge < -0.3 is 9.64 Å². The first-order chi connectivity index (χ1) is 10.6. The first kappa shape index (κ1) is 16.1. The summed E-state index contributed by atoms with van der Waals surface area (Å²) >= 11 is 0. The molecule has 0 radical (unpaired) electrons. The zero-order valence-electron chi connectivity index (χ0n) is 13.5. The fourth-order valence-corrected chi connectivity index (χ4v) is 2.32. The highest BCUT2D eigenvalue weighted by molar-refractivity contribution is 5.78. The largest absolute Gasteiger partial charge is 0.497 e. The standard InChI is InChI=1S/C19H23NO2/c1-4-20(14-17-9-11-18(22-3)12-10-17)19(21)13-16-7-5-15(2)6-8-16/h5-12H,4,13-14H2,1-3H3. The molecule has 0 heterocycles. The normalized spacial score (nSPS) is 10.3. The number of likely N-dealkylation sites (N-methyl/N-ethyl adjacent to an activating group) is 1. The summed E-state index contributed by atoms with van der Waals surface area (Å²) in [5.74, 6) is 0.986. The van der Waals surface area contributed by atoms with Crippen LogP contribution < -0.4 is 4.74 Å². The Hall–Kier alpha value is -2.29. The van der Waals surface area contributed by atoms with Gasteiger partial charge in [-0.1, -0.05) is 42.0 Å². The molecule has 2 rings (SSSR count). The van der Waals surface area contributed by atoms with E-state index in [4.69, 9.17) is 4.74 Å². The summed E-state index contributed by atoms with van der Waals surface area (Å²) in [4.78, 5) is 14.3. The van der Waals surface area contributed by atoms with Gasteiger partial charge in [0.15, 0.2) is 0 Å². The van der Waals surface area contributed by atoms with Crippen molar-refractivity contribution in [3.05, 3.63) is 65.2 Å². The van der Waals surface area contributed by atoms with Crippen molar-refractivity contribution in [3.8, 4) is 5.75 Å². The second-order valence-electron chi connectivity index (χ2n) is 5.42. The van der Waals surface area contributed by atoms with Crippen LogP contribution in [0.5, 0.6) is 5.75 Å². The average molecular weight is 297 g/mol. The van der Waals surface area contributed by atoms with Gasteiger partial charge in [0, 0.05) is 13.1 Å². The highest BCUT2D eigenvalue weighted by atomic mass is 16.5. The van der Waals surface area contributed by atoms with Gasteiger partial charge in [-0.3, -0.25) is 4.79 Å². The Morgan fingerprint density at radius 3 is 2.14 bits per heavy atom. The fourth-order valence-electron chi connectivity index (χ4n) is 2.32. The second-order valence-corrected chi connectivity index (χ2v) is 5.42. The molecule has 3 nitrogen and oxygen atoms in total. The van der Waals surface area contributed by atoms with Crippen LogP contribution in [-0.4, -0.2) is 24.5 Å². The molecule has 0 saturated heterocycles. The molecule has 3 heteroatoms. The van der Waals surface area contributed by atoms with Gasteiger partial charge in [-0.2, -0.15) is 0 Å². The molecular formula is C19H23NO2. The third-order valence-corrected chi connectivity index (χ3v) is 3.74. The Bertz CT molecular complexity index is 602. The van der Waals surface area contributed by atoms with E-state index in [1.807, 2.05) is 67.3 Å². The topological polar surface area (TPSA) is 29.5 Å². The summed E-state index contributed by atoms with van der Waals surface area (Å²) in [6.45, 7) is 5.39. The van der Waals surface area contributed by atoms with Crippen LogP contribution in [0.3, 0.4) is 0 Å².